The Hall–Kier alpha value is -2.25. The monoisotopic (exact) mass is 288 g/mol. The summed E-state index contributed by atoms with van der Waals surface area (Å²) in [7, 11) is 0. The number of nitrogens with zero attached hydrogens (tertiary/aromatic N) is 1. The molecule has 0 saturated heterocycles. The first kappa shape index (κ1) is 14.2. The molecule has 0 radical (unpaired) electrons. The minimum Gasteiger partial charge on any atom is -0.469 e. The maximum atomic E-state index is 12.0. The second-order valence-electron chi connectivity index (χ2n) is 4.14. The van der Waals surface area contributed by atoms with Gasteiger partial charge in [-0.15, -0.1) is 0 Å². The number of carbonyl (C=O) groups excluding carboxylic acids is 1. The summed E-state index contributed by atoms with van der Waals surface area (Å²) in [5, 5.41) is 3.44. The maximum absolute atomic E-state index is 12.0. The largest absolute Gasteiger partial charge is 0.469 e. The van der Waals surface area contributed by atoms with Gasteiger partial charge in [0, 0.05) is 11.1 Å². The Morgan fingerprint density at radius 1 is 1.45 bits per heavy atom. The maximum Gasteiger partial charge on any atom is 0.422 e. The Balaban J connectivity index is 2.03. The van der Waals surface area contributed by atoms with E-state index in [2.05, 4.69) is 9.89 Å². The number of carbonyl (C=O) groups is 1. The number of nitrogens with two attached hydrogens (primary N) is 1. The SMILES string of the molecule is NC(=O)c1ccccc1C1CC(OCC(F)(F)F)=NO1. The lowest BCUT2D eigenvalue weighted by atomic mass is 10.00. The van der Waals surface area contributed by atoms with Gasteiger partial charge >= 0.3 is 6.18 Å². The minimum atomic E-state index is -4.44. The highest BCUT2D eigenvalue weighted by molar-refractivity contribution is 5.94. The molecule has 0 aromatic heterocycles. The zero-order valence-corrected chi connectivity index (χ0v) is 10.2. The van der Waals surface area contributed by atoms with E-state index in [-0.39, 0.29) is 17.9 Å². The molecule has 2 rings (SSSR count). The molecule has 1 aromatic rings. The molecule has 1 heterocycles. The standard InChI is InChI=1S/C12H11F3N2O3/c13-12(14,15)6-19-10-5-9(20-17-10)7-3-1-2-4-8(7)11(16)18/h1-4,9H,5-6H2,(H2,16,18). The van der Waals surface area contributed by atoms with Crippen molar-refractivity contribution in [2.24, 2.45) is 10.9 Å². The van der Waals surface area contributed by atoms with Crippen molar-refractivity contribution in [2.45, 2.75) is 18.7 Å². The molecule has 108 valence electrons. The van der Waals surface area contributed by atoms with Gasteiger partial charge in [-0.1, -0.05) is 23.4 Å². The predicted molar refractivity (Wildman–Crippen MR) is 62.8 cm³/mol. The van der Waals surface area contributed by atoms with E-state index in [1.165, 1.54) is 6.07 Å². The second-order valence-corrected chi connectivity index (χ2v) is 4.14. The van der Waals surface area contributed by atoms with Crippen LogP contribution in [0.3, 0.4) is 0 Å². The fourth-order valence-corrected chi connectivity index (χ4v) is 1.77. The highest BCUT2D eigenvalue weighted by Crippen LogP contribution is 2.30. The van der Waals surface area contributed by atoms with E-state index < -0.39 is 24.8 Å². The summed E-state index contributed by atoms with van der Waals surface area (Å²) in [6, 6.07) is 6.41. The molecule has 1 amide bonds. The van der Waals surface area contributed by atoms with E-state index >= 15 is 0 Å². The van der Waals surface area contributed by atoms with Crippen molar-refractivity contribution < 1.29 is 27.5 Å². The molecule has 1 aliphatic rings. The first-order valence-corrected chi connectivity index (χ1v) is 5.68. The number of hydrogen-bond acceptors (Lipinski definition) is 4. The molecule has 20 heavy (non-hydrogen) atoms. The summed E-state index contributed by atoms with van der Waals surface area (Å²) in [5.74, 6) is -0.805. The van der Waals surface area contributed by atoms with Gasteiger partial charge in [-0.05, 0) is 6.07 Å². The molecule has 0 spiro atoms. The molecule has 5 nitrogen and oxygen atoms in total. The first-order valence-electron chi connectivity index (χ1n) is 5.68. The molecule has 0 saturated carbocycles. The number of ether oxygens (including phenoxy) is 1. The van der Waals surface area contributed by atoms with Crippen molar-refractivity contribution in [2.75, 3.05) is 6.61 Å². The van der Waals surface area contributed by atoms with E-state index in [4.69, 9.17) is 10.6 Å². The Morgan fingerprint density at radius 2 is 2.15 bits per heavy atom. The van der Waals surface area contributed by atoms with Crippen LogP contribution in [0.2, 0.25) is 0 Å². The number of rotatable bonds is 3. The fraction of sp³-hybridized carbons (Fsp3) is 0.333. The normalized spacial score (nSPS) is 18.4. The van der Waals surface area contributed by atoms with Crippen LogP contribution in [0.15, 0.2) is 29.4 Å². The Morgan fingerprint density at radius 3 is 2.80 bits per heavy atom. The van der Waals surface area contributed by atoms with E-state index in [0.717, 1.165) is 0 Å². The predicted octanol–water partition coefficient (Wildman–Crippen LogP) is 2.14. The van der Waals surface area contributed by atoms with Gasteiger partial charge in [-0.3, -0.25) is 4.79 Å². The quantitative estimate of drug-likeness (QED) is 0.926. The lowest BCUT2D eigenvalue weighted by Gasteiger charge is -2.11. The minimum absolute atomic E-state index is 0.0143. The van der Waals surface area contributed by atoms with Crippen LogP contribution in [-0.2, 0) is 9.57 Å². The summed E-state index contributed by atoms with van der Waals surface area (Å²) in [6.07, 6.45) is -5.10. The number of oxime groups is 1. The van der Waals surface area contributed by atoms with Gasteiger partial charge in [0.1, 0.15) is 0 Å². The third-order valence-corrected chi connectivity index (χ3v) is 2.62. The molecule has 1 unspecified atom stereocenters. The molecule has 0 fully saturated rings. The molecule has 1 aromatic carbocycles. The molecule has 2 N–H and O–H groups in total. The zero-order chi connectivity index (χ0) is 14.8. The van der Waals surface area contributed by atoms with E-state index in [1.54, 1.807) is 18.2 Å². The highest BCUT2D eigenvalue weighted by Gasteiger charge is 2.32. The first-order chi connectivity index (χ1) is 9.37. The smallest absolute Gasteiger partial charge is 0.422 e. The van der Waals surface area contributed by atoms with Crippen LogP contribution in [0, 0.1) is 0 Å². The lowest BCUT2D eigenvalue weighted by molar-refractivity contribution is -0.156. The topological polar surface area (TPSA) is 73.9 Å². The summed E-state index contributed by atoms with van der Waals surface area (Å²) in [5.41, 5.74) is 5.93. The third kappa shape index (κ3) is 3.40. The van der Waals surface area contributed by atoms with Gasteiger partial charge in [-0.25, -0.2) is 0 Å². The highest BCUT2D eigenvalue weighted by atomic mass is 19.4. The lowest BCUT2D eigenvalue weighted by Crippen LogP contribution is -2.20. The number of benzene rings is 1. The van der Waals surface area contributed by atoms with Gasteiger partial charge in [0.15, 0.2) is 12.7 Å². The van der Waals surface area contributed by atoms with Crippen LogP contribution in [0.4, 0.5) is 13.2 Å². The second kappa shape index (κ2) is 5.40. The average molecular weight is 288 g/mol. The van der Waals surface area contributed by atoms with Gasteiger partial charge in [-0.2, -0.15) is 13.2 Å². The van der Waals surface area contributed by atoms with Gasteiger partial charge < -0.3 is 15.3 Å². The van der Waals surface area contributed by atoms with Crippen molar-refractivity contribution >= 4 is 11.8 Å². The fourth-order valence-electron chi connectivity index (χ4n) is 1.77. The molecule has 1 aliphatic heterocycles. The van der Waals surface area contributed by atoms with Crippen molar-refractivity contribution in [1.82, 2.24) is 0 Å². The van der Waals surface area contributed by atoms with Crippen LogP contribution in [-0.4, -0.2) is 24.6 Å². The number of halogens is 3. The van der Waals surface area contributed by atoms with Crippen molar-refractivity contribution in [3.05, 3.63) is 35.4 Å². The number of amides is 1. The van der Waals surface area contributed by atoms with Gasteiger partial charge in [0.05, 0.1) is 6.42 Å². The van der Waals surface area contributed by atoms with Crippen molar-refractivity contribution in [3.8, 4) is 0 Å². The van der Waals surface area contributed by atoms with Crippen molar-refractivity contribution in [3.63, 3.8) is 0 Å². The summed E-state index contributed by atoms with van der Waals surface area (Å²) in [4.78, 5) is 16.3. The average Bonchev–Trinajstić information content (AvgIpc) is 2.84. The van der Waals surface area contributed by atoms with E-state index in [1.807, 2.05) is 0 Å². The van der Waals surface area contributed by atoms with Crippen LogP contribution in [0.5, 0.6) is 0 Å². The van der Waals surface area contributed by atoms with Crippen LogP contribution >= 0.6 is 0 Å². The number of hydrogen-bond donors (Lipinski definition) is 1. The Labute approximate surface area is 112 Å². The van der Waals surface area contributed by atoms with Crippen LogP contribution < -0.4 is 5.73 Å². The molecular weight excluding hydrogens is 277 g/mol. The number of alkyl halides is 3. The van der Waals surface area contributed by atoms with E-state index in [0.29, 0.717) is 5.56 Å². The summed E-state index contributed by atoms with van der Waals surface area (Å²) in [6.45, 7) is -1.43. The molecular formula is C12H11F3N2O3. The Kier molecular flexibility index (Phi) is 3.82. The van der Waals surface area contributed by atoms with E-state index in [9.17, 15) is 18.0 Å². The molecule has 1 atom stereocenters. The number of primary amides is 1. The van der Waals surface area contributed by atoms with Gasteiger partial charge in [0.25, 0.3) is 0 Å². The van der Waals surface area contributed by atoms with Crippen LogP contribution in [0.1, 0.15) is 28.4 Å². The van der Waals surface area contributed by atoms with Crippen LogP contribution in [0.25, 0.3) is 0 Å². The van der Waals surface area contributed by atoms with Crippen molar-refractivity contribution in [1.29, 1.82) is 0 Å². The third-order valence-electron chi connectivity index (χ3n) is 2.62. The summed E-state index contributed by atoms with van der Waals surface area (Å²) < 4.78 is 40.6. The zero-order valence-electron chi connectivity index (χ0n) is 10.2. The molecule has 0 aliphatic carbocycles. The molecule has 8 heteroatoms. The summed E-state index contributed by atoms with van der Waals surface area (Å²) >= 11 is 0. The molecule has 0 bridgehead atoms. The van der Waals surface area contributed by atoms with Gasteiger partial charge in [0.2, 0.25) is 11.8 Å². The Bertz CT molecular complexity index is 543.